The lowest BCUT2D eigenvalue weighted by molar-refractivity contribution is -0.712. The zero-order chi connectivity index (χ0) is 27.5. The predicted octanol–water partition coefficient (Wildman–Crippen LogP) is 3.06. The molecule has 0 bridgehead atoms. The second kappa shape index (κ2) is 11.5. The average Bonchev–Trinajstić information content (AvgIpc) is 2.95. The highest BCUT2D eigenvalue weighted by Crippen LogP contribution is 2.28. The second-order valence-electron chi connectivity index (χ2n) is 10.4. The number of rotatable bonds is 7. The van der Waals surface area contributed by atoms with Gasteiger partial charge in [0.2, 0.25) is 6.54 Å². The van der Waals surface area contributed by atoms with E-state index in [0.29, 0.717) is 48.5 Å². The summed E-state index contributed by atoms with van der Waals surface area (Å²) in [6.45, 7) is 6.74. The number of nitriles is 1. The molecule has 1 N–H and O–H groups in total. The predicted molar refractivity (Wildman–Crippen MR) is 150 cm³/mol. The summed E-state index contributed by atoms with van der Waals surface area (Å²) in [5.74, 6) is 1.68. The van der Waals surface area contributed by atoms with Crippen LogP contribution in [0.25, 0.3) is 11.4 Å². The SMILES string of the molecule is CN1CC(Oc2ccc(-c3nccc(Nc4ccc(N5CCN(C6COC6)CC5)cc4)n3)cc2C#N)CC[N+]1=O. The first-order valence-corrected chi connectivity index (χ1v) is 13.7. The Morgan fingerprint density at radius 2 is 1.90 bits per heavy atom. The largest absolute Gasteiger partial charge is 0.487 e. The lowest BCUT2D eigenvalue weighted by Crippen LogP contribution is -2.56. The first-order chi connectivity index (χ1) is 19.6. The molecule has 0 amide bonds. The van der Waals surface area contributed by atoms with E-state index in [2.05, 4.69) is 55.4 Å². The van der Waals surface area contributed by atoms with Gasteiger partial charge in [0.15, 0.2) is 5.82 Å². The maximum atomic E-state index is 11.7. The molecule has 11 heteroatoms. The van der Waals surface area contributed by atoms with Crippen molar-refractivity contribution in [2.45, 2.75) is 18.6 Å². The number of likely N-dealkylation sites (N-methyl/N-ethyl adjacent to an activating group) is 1. The number of piperazine rings is 1. The maximum absolute atomic E-state index is 11.7. The van der Waals surface area contributed by atoms with Crippen LogP contribution in [0.5, 0.6) is 5.75 Å². The van der Waals surface area contributed by atoms with Gasteiger partial charge in [-0.1, -0.05) is 0 Å². The molecule has 0 saturated carbocycles. The van der Waals surface area contributed by atoms with Crippen molar-refractivity contribution in [3.8, 4) is 23.2 Å². The highest BCUT2D eigenvalue weighted by atomic mass is 16.5. The summed E-state index contributed by atoms with van der Waals surface area (Å²) in [6, 6.07) is 18.4. The number of hydrazine groups is 1. The number of ether oxygens (including phenoxy) is 2. The zero-order valence-corrected chi connectivity index (χ0v) is 22.6. The number of anilines is 3. The van der Waals surface area contributed by atoms with Crippen LogP contribution in [0.4, 0.5) is 17.2 Å². The Morgan fingerprint density at radius 1 is 1.10 bits per heavy atom. The van der Waals surface area contributed by atoms with Crippen LogP contribution in [-0.4, -0.2) is 96.4 Å². The summed E-state index contributed by atoms with van der Waals surface area (Å²) >= 11 is 0. The minimum atomic E-state index is -0.157. The third kappa shape index (κ3) is 5.68. The first-order valence-electron chi connectivity index (χ1n) is 13.7. The topological polar surface area (TPSA) is 110 Å². The number of hydrogen-bond acceptors (Lipinski definition) is 9. The van der Waals surface area contributed by atoms with Crippen LogP contribution in [-0.2, 0) is 4.74 Å². The number of aromatic nitrogens is 2. The van der Waals surface area contributed by atoms with E-state index in [9.17, 15) is 10.2 Å². The molecule has 1 unspecified atom stereocenters. The number of hydrogen-bond donors (Lipinski definition) is 1. The third-order valence-electron chi connectivity index (χ3n) is 7.75. The van der Waals surface area contributed by atoms with Crippen LogP contribution in [0.3, 0.4) is 0 Å². The van der Waals surface area contributed by atoms with Crippen molar-refractivity contribution in [3.05, 3.63) is 65.2 Å². The Kier molecular flexibility index (Phi) is 7.44. The van der Waals surface area contributed by atoms with Gasteiger partial charge >= 0.3 is 0 Å². The van der Waals surface area contributed by atoms with Gasteiger partial charge in [-0.25, -0.2) is 9.97 Å². The lowest BCUT2D eigenvalue weighted by Gasteiger charge is -2.43. The van der Waals surface area contributed by atoms with Crippen LogP contribution in [0.15, 0.2) is 54.7 Å². The quantitative estimate of drug-likeness (QED) is 0.448. The minimum Gasteiger partial charge on any atom is -0.487 e. The Labute approximate surface area is 233 Å². The van der Waals surface area contributed by atoms with E-state index in [1.165, 1.54) is 5.69 Å². The summed E-state index contributed by atoms with van der Waals surface area (Å²) in [6.07, 6.45) is 2.15. The standard InChI is InChI=1S/C29H33N8O3/c1-34-18-26(9-11-37(34)38)40-27-7-2-21(16-22(27)17-30)29-31-10-8-28(33-29)32-23-3-5-24(6-4-23)35-12-14-36(15-13-35)25-19-39-20-25/h2-8,10,16,25-26H,9,11-15,18-20H2,1H3,(H,31,32,33)/q+1. The summed E-state index contributed by atoms with van der Waals surface area (Å²) in [5, 5.41) is 14.7. The van der Waals surface area contributed by atoms with E-state index in [-0.39, 0.29) is 6.10 Å². The average molecular weight is 542 g/mol. The van der Waals surface area contributed by atoms with Crippen molar-refractivity contribution in [1.82, 2.24) is 19.9 Å². The molecule has 3 aliphatic heterocycles. The van der Waals surface area contributed by atoms with Crippen LogP contribution < -0.4 is 15.0 Å². The van der Waals surface area contributed by atoms with Gasteiger partial charge in [-0.15, -0.1) is 5.01 Å². The van der Waals surface area contributed by atoms with Crippen LogP contribution in [0.1, 0.15) is 12.0 Å². The Morgan fingerprint density at radius 3 is 2.60 bits per heavy atom. The molecule has 1 atom stereocenters. The molecule has 4 heterocycles. The zero-order valence-electron chi connectivity index (χ0n) is 22.6. The molecule has 3 aliphatic rings. The molecule has 0 aliphatic carbocycles. The molecule has 2 aromatic carbocycles. The molecular formula is C29H33N8O3+. The number of benzene rings is 2. The molecule has 0 spiro atoms. The van der Waals surface area contributed by atoms with E-state index in [1.807, 2.05) is 12.1 Å². The summed E-state index contributed by atoms with van der Waals surface area (Å²) in [4.78, 5) is 26.7. The van der Waals surface area contributed by atoms with E-state index in [4.69, 9.17) is 9.47 Å². The van der Waals surface area contributed by atoms with Gasteiger partial charge < -0.3 is 19.7 Å². The molecule has 11 nitrogen and oxygen atoms in total. The molecule has 3 saturated heterocycles. The second-order valence-corrected chi connectivity index (χ2v) is 10.4. The lowest BCUT2D eigenvalue weighted by atomic mass is 10.1. The number of nitrogens with one attached hydrogen (secondary N) is 1. The smallest absolute Gasteiger partial charge is 0.229 e. The fourth-order valence-corrected chi connectivity index (χ4v) is 5.29. The Balaban J connectivity index is 1.09. The van der Waals surface area contributed by atoms with E-state index in [0.717, 1.165) is 55.5 Å². The molecule has 3 fully saturated rings. The fraction of sp³-hybridized carbons (Fsp3) is 0.414. The van der Waals surface area contributed by atoms with Crippen LogP contribution >= 0.6 is 0 Å². The minimum absolute atomic E-state index is 0.157. The highest BCUT2D eigenvalue weighted by molar-refractivity contribution is 5.65. The normalized spacial score (nSPS) is 20.1. The van der Waals surface area contributed by atoms with Gasteiger partial charge in [-0.3, -0.25) is 4.90 Å². The van der Waals surface area contributed by atoms with E-state index < -0.39 is 0 Å². The Bertz CT molecular complexity index is 1400. The van der Waals surface area contributed by atoms with Crippen molar-refractivity contribution in [3.63, 3.8) is 0 Å². The number of nitroso groups, excluding NO2 is 1. The van der Waals surface area contributed by atoms with Gasteiger partial charge in [0, 0.05) is 49.3 Å². The Hall–Kier alpha value is -4.27. The molecule has 0 radical (unpaired) electrons. The van der Waals surface area contributed by atoms with Gasteiger partial charge in [0.05, 0.1) is 43.2 Å². The summed E-state index contributed by atoms with van der Waals surface area (Å²) < 4.78 is 11.4. The highest BCUT2D eigenvalue weighted by Gasteiger charge is 2.31. The maximum Gasteiger partial charge on any atom is 0.229 e. The van der Waals surface area contributed by atoms with Crippen molar-refractivity contribution < 1.29 is 14.3 Å². The van der Waals surface area contributed by atoms with Crippen molar-refractivity contribution in [2.24, 2.45) is 0 Å². The molecule has 206 valence electrons. The van der Waals surface area contributed by atoms with Gasteiger partial charge in [0.1, 0.15) is 35.2 Å². The molecule has 40 heavy (non-hydrogen) atoms. The van der Waals surface area contributed by atoms with Crippen molar-refractivity contribution in [2.75, 3.05) is 69.7 Å². The van der Waals surface area contributed by atoms with E-state index >= 15 is 0 Å². The molecule has 1 aromatic heterocycles. The third-order valence-corrected chi connectivity index (χ3v) is 7.75. The fourth-order valence-electron chi connectivity index (χ4n) is 5.29. The van der Waals surface area contributed by atoms with Crippen LogP contribution in [0, 0.1) is 16.2 Å². The van der Waals surface area contributed by atoms with Crippen molar-refractivity contribution >= 4 is 17.2 Å². The monoisotopic (exact) mass is 541 g/mol. The number of nitrogens with zero attached hydrogens (tertiary/aromatic N) is 7. The van der Waals surface area contributed by atoms with Crippen molar-refractivity contribution in [1.29, 1.82) is 5.26 Å². The molecular weight excluding hydrogens is 508 g/mol. The molecule has 6 rings (SSSR count). The summed E-state index contributed by atoms with van der Waals surface area (Å²) in [7, 11) is 1.73. The first kappa shape index (κ1) is 26.0. The van der Waals surface area contributed by atoms with Gasteiger partial charge in [-0.2, -0.15) is 5.26 Å². The summed E-state index contributed by atoms with van der Waals surface area (Å²) in [5.41, 5.74) is 3.29. The van der Waals surface area contributed by atoms with E-state index in [1.54, 1.807) is 30.4 Å². The molecule has 3 aromatic rings. The van der Waals surface area contributed by atoms with Gasteiger partial charge in [0.25, 0.3) is 0 Å². The van der Waals surface area contributed by atoms with Gasteiger partial charge in [-0.05, 0) is 48.5 Å². The van der Waals surface area contributed by atoms with Crippen LogP contribution in [0.2, 0.25) is 0 Å².